The predicted octanol–water partition coefficient (Wildman–Crippen LogP) is 1.29. The Kier molecular flexibility index (Phi) is 6.44. The molecule has 0 unspecified atom stereocenters. The molecule has 0 aliphatic heterocycles. The minimum atomic E-state index is -4.22. The number of nitrogens with zero attached hydrogens (tertiary/aromatic N) is 3. The number of H-pyrrole nitrogens is 1. The summed E-state index contributed by atoms with van der Waals surface area (Å²) in [4.78, 5) is 41.8. The molecule has 0 aliphatic carbocycles. The molecule has 11 heteroatoms. The average molecular weight is 448 g/mol. The lowest BCUT2D eigenvalue weighted by molar-refractivity contribution is -0.116. The van der Waals surface area contributed by atoms with Crippen LogP contribution in [0.25, 0.3) is 22.2 Å². The molecule has 2 aromatic heterocycles. The standard InChI is InChI=1S/C20H25N5O5S/c1-4-6-7-14(26)12-31(29,30)23-25-19(27)16-11-15(18-8-9-21-24(18)3)13(5-2)10-17(16)22-20(25)28/h8-11,23H,4-7,12H2,1-3H3,(H,22,28). The Hall–Kier alpha value is -3.21. The number of fused-ring (bicyclic) bond motifs is 1. The summed E-state index contributed by atoms with van der Waals surface area (Å²) in [7, 11) is -2.45. The summed E-state index contributed by atoms with van der Waals surface area (Å²) in [6, 6.07) is 5.11. The van der Waals surface area contributed by atoms with Gasteiger partial charge in [-0.2, -0.15) is 9.77 Å². The number of nitrogens with one attached hydrogen (secondary N) is 2. The summed E-state index contributed by atoms with van der Waals surface area (Å²) in [6.07, 6.45) is 3.72. The van der Waals surface area contributed by atoms with E-state index in [9.17, 15) is 22.8 Å². The molecule has 0 atom stereocenters. The van der Waals surface area contributed by atoms with Gasteiger partial charge in [-0.15, -0.1) is 0 Å². The van der Waals surface area contributed by atoms with Gasteiger partial charge in [0.05, 0.1) is 16.6 Å². The Bertz CT molecular complexity index is 1350. The topological polar surface area (TPSA) is 136 Å². The zero-order chi connectivity index (χ0) is 22.8. The zero-order valence-corrected chi connectivity index (χ0v) is 18.5. The van der Waals surface area contributed by atoms with E-state index in [1.165, 1.54) is 0 Å². The van der Waals surface area contributed by atoms with Crippen molar-refractivity contribution in [2.75, 3.05) is 10.6 Å². The number of aromatic nitrogens is 4. The first-order valence-electron chi connectivity index (χ1n) is 9.99. The highest BCUT2D eigenvalue weighted by Gasteiger charge is 2.20. The third-order valence-electron chi connectivity index (χ3n) is 4.99. The molecule has 0 saturated heterocycles. The Labute approximate surface area is 178 Å². The third kappa shape index (κ3) is 4.76. The maximum absolute atomic E-state index is 13.0. The number of aryl methyl sites for hydroxylation is 2. The number of aromatic amines is 1. The number of hydrogen-bond donors (Lipinski definition) is 2. The Balaban J connectivity index is 2.08. The van der Waals surface area contributed by atoms with Crippen molar-refractivity contribution in [2.24, 2.45) is 7.05 Å². The lowest BCUT2D eigenvalue weighted by atomic mass is 10.00. The SMILES string of the molecule is CCCCC(=O)CS(=O)(=O)Nn1c(=O)[nH]c2cc(CC)c(-c3ccnn3C)cc2c1=O. The number of carbonyl (C=O) groups is 1. The van der Waals surface area contributed by atoms with Crippen LogP contribution in [0.5, 0.6) is 0 Å². The summed E-state index contributed by atoms with van der Waals surface area (Å²) < 4.78 is 26.8. The van der Waals surface area contributed by atoms with Gasteiger partial charge in [0, 0.05) is 25.2 Å². The van der Waals surface area contributed by atoms with E-state index in [-0.39, 0.29) is 11.8 Å². The molecule has 0 bridgehead atoms. The molecule has 2 N–H and O–H groups in total. The number of unbranched alkanes of at least 4 members (excludes halogenated alkanes) is 1. The number of carbonyl (C=O) groups excluding carboxylic acids is 1. The maximum atomic E-state index is 13.0. The van der Waals surface area contributed by atoms with Crippen molar-refractivity contribution in [1.82, 2.24) is 19.4 Å². The molecule has 0 fully saturated rings. The summed E-state index contributed by atoms with van der Waals surface area (Å²) in [5.41, 5.74) is 0.964. The second-order valence-corrected chi connectivity index (χ2v) is 9.01. The highest BCUT2D eigenvalue weighted by Crippen LogP contribution is 2.26. The van der Waals surface area contributed by atoms with Gasteiger partial charge in [0.15, 0.2) is 0 Å². The van der Waals surface area contributed by atoms with Crippen molar-refractivity contribution in [1.29, 1.82) is 0 Å². The average Bonchev–Trinajstić information content (AvgIpc) is 3.14. The van der Waals surface area contributed by atoms with Crippen LogP contribution in [0.2, 0.25) is 0 Å². The summed E-state index contributed by atoms with van der Waals surface area (Å²) >= 11 is 0. The molecule has 166 valence electrons. The van der Waals surface area contributed by atoms with E-state index in [0.717, 1.165) is 23.2 Å². The fourth-order valence-corrected chi connectivity index (χ4v) is 4.47. The number of hydrogen-bond acceptors (Lipinski definition) is 6. The van der Waals surface area contributed by atoms with Crippen molar-refractivity contribution in [3.63, 3.8) is 0 Å². The zero-order valence-electron chi connectivity index (χ0n) is 17.6. The molecule has 2 heterocycles. The Morgan fingerprint density at radius 3 is 2.58 bits per heavy atom. The second-order valence-electron chi connectivity index (χ2n) is 7.31. The molecule has 0 radical (unpaired) electrons. The van der Waals surface area contributed by atoms with Crippen LogP contribution in [0.1, 0.15) is 38.7 Å². The van der Waals surface area contributed by atoms with Gasteiger partial charge < -0.3 is 4.98 Å². The van der Waals surface area contributed by atoms with Crippen LogP contribution >= 0.6 is 0 Å². The van der Waals surface area contributed by atoms with Crippen molar-refractivity contribution < 1.29 is 13.2 Å². The molecule has 3 rings (SSSR count). The van der Waals surface area contributed by atoms with Gasteiger partial charge in [0.2, 0.25) is 0 Å². The van der Waals surface area contributed by atoms with E-state index >= 15 is 0 Å². The van der Waals surface area contributed by atoms with Crippen LogP contribution in [-0.4, -0.2) is 39.4 Å². The minimum Gasteiger partial charge on any atom is -0.305 e. The van der Waals surface area contributed by atoms with Gasteiger partial charge in [0.1, 0.15) is 11.5 Å². The molecule has 0 amide bonds. The van der Waals surface area contributed by atoms with Crippen molar-refractivity contribution in [2.45, 2.75) is 39.5 Å². The maximum Gasteiger partial charge on any atom is 0.348 e. The molecule has 0 saturated carbocycles. The van der Waals surface area contributed by atoms with E-state index in [2.05, 4.69) is 10.1 Å². The van der Waals surface area contributed by atoms with E-state index < -0.39 is 32.8 Å². The predicted molar refractivity (Wildman–Crippen MR) is 118 cm³/mol. The molecule has 0 aliphatic rings. The Morgan fingerprint density at radius 2 is 1.97 bits per heavy atom. The summed E-state index contributed by atoms with van der Waals surface area (Å²) in [5.74, 6) is -1.28. The summed E-state index contributed by atoms with van der Waals surface area (Å²) in [5, 5.41) is 4.28. The lowest BCUT2D eigenvalue weighted by Crippen LogP contribution is -2.44. The van der Waals surface area contributed by atoms with Crippen LogP contribution < -0.4 is 16.1 Å². The van der Waals surface area contributed by atoms with Crippen LogP contribution in [0.15, 0.2) is 34.0 Å². The van der Waals surface area contributed by atoms with Crippen LogP contribution in [0, 0.1) is 0 Å². The Morgan fingerprint density at radius 1 is 1.23 bits per heavy atom. The van der Waals surface area contributed by atoms with Crippen molar-refractivity contribution in [3.05, 3.63) is 50.8 Å². The van der Waals surface area contributed by atoms with Gasteiger partial charge >= 0.3 is 5.69 Å². The monoisotopic (exact) mass is 447 g/mol. The highest BCUT2D eigenvalue weighted by atomic mass is 32.2. The van der Waals surface area contributed by atoms with Crippen molar-refractivity contribution in [3.8, 4) is 11.3 Å². The van der Waals surface area contributed by atoms with E-state index in [0.29, 0.717) is 23.0 Å². The minimum absolute atomic E-state index is 0.119. The number of Topliss-reactive ketones (excluding diaryl/α,β-unsaturated/α-hetero) is 1. The van der Waals surface area contributed by atoms with Gasteiger partial charge in [-0.25, -0.2) is 18.0 Å². The van der Waals surface area contributed by atoms with E-state index in [4.69, 9.17) is 0 Å². The molecule has 31 heavy (non-hydrogen) atoms. The van der Waals surface area contributed by atoms with Crippen LogP contribution in [0.4, 0.5) is 0 Å². The van der Waals surface area contributed by atoms with E-state index in [1.54, 1.807) is 36.1 Å². The fourth-order valence-electron chi connectivity index (χ4n) is 3.39. The molecule has 10 nitrogen and oxygen atoms in total. The number of rotatable bonds is 9. The van der Waals surface area contributed by atoms with Gasteiger partial charge in [-0.3, -0.25) is 14.3 Å². The van der Waals surface area contributed by atoms with Gasteiger partial charge in [-0.1, -0.05) is 20.3 Å². The summed E-state index contributed by atoms with van der Waals surface area (Å²) in [6.45, 7) is 3.84. The van der Waals surface area contributed by atoms with Gasteiger partial charge in [-0.05, 0) is 36.6 Å². The number of ketones is 1. The molecular weight excluding hydrogens is 422 g/mol. The first-order valence-corrected chi connectivity index (χ1v) is 11.6. The van der Waals surface area contributed by atoms with Gasteiger partial charge in [0.25, 0.3) is 15.6 Å². The smallest absolute Gasteiger partial charge is 0.305 e. The highest BCUT2D eigenvalue weighted by molar-refractivity contribution is 7.93. The third-order valence-corrected chi connectivity index (χ3v) is 6.15. The lowest BCUT2D eigenvalue weighted by Gasteiger charge is -2.13. The number of sulfonamides is 1. The molecule has 0 spiro atoms. The first-order chi connectivity index (χ1) is 14.7. The molecule has 1 aromatic carbocycles. The van der Waals surface area contributed by atoms with Crippen LogP contribution in [-0.2, 0) is 28.3 Å². The van der Waals surface area contributed by atoms with Crippen molar-refractivity contribution >= 4 is 26.7 Å². The first kappa shape index (κ1) is 22.5. The second kappa shape index (κ2) is 8.88. The molecular formula is C20H25N5O5S. The normalized spacial score (nSPS) is 11.7. The van der Waals surface area contributed by atoms with E-state index in [1.807, 2.05) is 18.7 Å². The molecule has 3 aromatic rings. The van der Waals surface area contributed by atoms with Crippen LogP contribution in [0.3, 0.4) is 0 Å². The fraction of sp³-hybridized carbons (Fsp3) is 0.400. The quantitative estimate of drug-likeness (QED) is 0.507. The number of benzene rings is 1. The largest absolute Gasteiger partial charge is 0.348 e.